The molecule has 0 amide bonds. The van der Waals surface area contributed by atoms with Gasteiger partial charge in [-0.25, -0.2) is 5.10 Å². The van der Waals surface area contributed by atoms with Crippen LogP contribution in [0.25, 0.3) is 10.8 Å². The van der Waals surface area contributed by atoms with Crippen molar-refractivity contribution in [2.45, 2.75) is 18.6 Å². The number of nitrogens with one attached hydrogen (secondary N) is 1. The first-order valence-electron chi connectivity index (χ1n) is 5.53. The van der Waals surface area contributed by atoms with E-state index < -0.39 is 12.2 Å². The average Bonchev–Trinajstić information content (AvgIpc) is 2.38. The summed E-state index contributed by atoms with van der Waals surface area (Å²) in [5, 5.41) is 27.5. The fourth-order valence-corrected chi connectivity index (χ4v) is 2.26. The van der Waals surface area contributed by atoms with Crippen LogP contribution in [0, 0.1) is 0 Å². The van der Waals surface area contributed by atoms with Crippen molar-refractivity contribution >= 4 is 26.7 Å². The van der Waals surface area contributed by atoms with Gasteiger partial charge in [0.25, 0.3) is 5.56 Å². The van der Waals surface area contributed by atoms with E-state index in [1.165, 1.54) is 6.20 Å². The van der Waals surface area contributed by atoms with Gasteiger partial charge < -0.3 is 10.2 Å². The standard InChI is InChI=1S/C12H13BrN2O3/c13-4-3-10(16)11(17)7-1-2-9-8(5-7)6-14-15-12(9)18/h1-2,5-6,10-11,16-17H,3-4H2,(H,15,18). The lowest BCUT2D eigenvalue weighted by atomic mass is 10.0. The van der Waals surface area contributed by atoms with Gasteiger partial charge in [0.2, 0.25) is 0 Å². The maximum Gasteiger partial charge on any atom is 0.272 e. The van der Waals surface area contributed by atoms with Gasteiger partial charge in [-0.2, -0.15) is 5.10 Å². The Labute approximate surface area is 112 Å². The molecule has 5 nitrogen and oxygen atoms in total. The molecule has 1 aromatic heterocycles. The lowest BCUT2D eigenvalue weighted by Gasteiger charge is -2.17. The molecule has 3 N–H and O–H groups in total. The van der Waals surface area contributed by atoms with E-state index in [-0.39, 0.29) is 5.56 Å². The second-order valence-corrected chi connectivity index (χ2v) is 4.83. The summed E-state index contributed by atoms with van der Waals surface area (Å²) in [6.07, 6.45) is 0.166. The Balaban J connectivity index is 2.38. The second kappa shape index (κ2) is 5.60. The van der Waals surface area contributed by atoms with Gasteiger partial charge in [-0.15, -0.1) is 0 Å². The molecule has 0 saturated heterocycles. The minimum atomic E-state index is -0.966. The molecule has 0 aliphatic rings. The Hall–Kier alpha value is -1.24. The molecule has 6 heteroatoms. The molecule has 2 atom stereocenters. The van der Waals surface area contributed by atoms with Crippen molar-refractivity contribution < 1.29 is 10.2 Å². The zero-order chi connectivity index (χ0) is 13.1. The number of benzene rings is 1. The number of aromatic nitrogens is 2. The third kappa shape index (κ3) is 2.60. The summed E-state index contributed by atoms with van der Waals surface area (Å²) in [6, 6.07) is 4.93. The summed E-state index contributed by atoms with van der Waals surface area (Å²) >= 11 is 3.21. The number of fused-ring (bicyclic) bond motifs is 1. The fraction of sp³-hybridized carbons (Fsp3) is 0.333. The van der Waals surface area contributed by atoms with Crippen LogP contribution in [0.4, 0.5) is 0 Å². The van der Waals surface area contributed by atoms with Gasteiger partial charge in [-0.1, -0.05) is 22.0 Å². The molecule has 0 aliphatic carbocycles. The molecule has 0 aliphatic heterocycles. The molecule has 0 radical (unpaired) electrons. The highest BCUT2D eigenvalue weighted by atomic mass is 79.9. The fourth-order valence-electron chi connectivity index (χ4n) is 1.79. The molecule has 2 unspecified atom stereocenters. The average molecular weight is 313 g/mol. The Kier molecular flexibility index (Phi) is 4.11. The minimum absolute atomic E-state index is 0.269. The zero-order valence-electron chi connectivity index (χ0n) is 9.51. The van der Waals surface area contributed by atoms with Crippen molar-refractivity contribution in [3.05, 3.63) is 40.3 Å². The first kappa shape index (κ1) is 13.2. The number of rotatable bonds is 4. The van der Waals surface area contributed by atoms with Crippen LogP contribution in [0.1, 0.15) is 18.1 Å². The smallest absolute Gasteiger partial charge is 0.272 e. The van der Waals surface area contributed by atoms with E-state index in [1.807, 2.05) is 0 Å². The third-order valence-electron chi connectivity index (χ3n) is 2.80. The maximum atomic E-state index is 11.5. The summed E-state index contributed by atoms with van der Waals surface area (Å²) in [5.74, 6) is 0. The topological polar surface area (TPSA) is 86.2 Å². The maximum absolute atomic E-state index is 11.5. The normalized spacial score (nSPS) is 14.6. The van der Waals surface area contributed by atoms with Crippen LogP contribution in [0.5, 0.6) is 0 Å². The predicted octanol–water partition coefficient (Wildman–Crippen LogP) is 1.10. The monoisotopic (exact) mass is 312 g/mol. The molecular formula is C12H13BrN2O3. The SMILES string of the molecule is O=c1[nH]ncc2cc(C(O)C(O)CCBr)ccc12. The van der Waals surface area contributed by atoms with Crippen LogP contribution in [-0.2, 0) is 0 Å². The Bertz CT molecular complexity index is 599. The summed E-state index contributed by atoms with van der Waals surface area (Å²) in [5.41, 5.74) is 0.304. The first-order valence-corrected chi connectivity index (χ1v) is 6.65. The van der Waals surface area contributed by atoms with E-state index in [1.54, 1.807) is 18.2 Å². The van der Waals surface area contributed by atoms with Gasteiger partial charge in [0.05, 0.1) is 17.7 Å². The summed E-state index contributed by atoms with van der Waals surface area (Å²) < 4.78 is 0. The van der Waals surface area contributed by atoms with Crippen LogP contribution < -0.4 is 5.56 Å². The molecule has 96 valence electrons. The number of aromatic amines is 1. The van der Waals surface area contributed by atoms with Crippen molar-refractivity contribution in [3.63, 3.8) is 0 Å². The Morgan fingerprint density at radius 2 is 2.17 bits per heavy atom. The first-order chi connectivity index (χ1) is 8.63. The highest BCUT2D eigenvalue weighted by molar-refractivity contribution is 9.09. The highest BCUT2D eigenvalue weighted by Gasteiger charge is 2.18. The van der Waals surface area contributed by atoms with Crippen LogP contribution in [0.3, 0.4) is 0 Å². The molecule has 1 aromatic carbocycles. The summed E-state index contributed by atoms with van der Waals surface area (Å²) in [6.45, 7) is 0. The summed E-state index contributed by atoms with van der Waals surface area (Å²) in [7, 11) is 0. The zero-order valence-corrected chi connectivity index (χ0v) is 11.1. The van der Waals surface area contributed by atoms with Gasteiger partial charge in [-0.05, 0) is 24.1 Å². The predicted molar refractivity (Wildman–Crippen MR) is 71.7 cm³/mol. The van der Waals surface area contributed by atoms with Crippen molar-refractivity contribution in [3.8, 4) is 0 Å². The minimum Gasteiger partial charge on any atom is -0.390 e. The van der Waals surface area contributed by atoms with E-state index in [2.05, 4.69) is 26.1 Å². The van der Waals surface area contributed by atoms with Crippen molar-refractivity contribution in [2.24, 2.45) is 0 Å². The Morgan fingerprint density at radius 3 is 2.89 bits per heavy atom. The molecule has 2 aromatic rings. The van der Waals surface area contributed by atoms with E-state index >= 15 is 0 Å². The molecule has 1 heterocycles. The largest absolute Gasteiger partial charge is 0.390 e. The number of nitrogens with zero attached hydrogens (tertiary/aromatic N) is 1. The van der Waals surface area contributed by atoms with Gasteiger partial charge in [-0.3, -0.25) is 4.79 Å². The number of aliphatic hydroxyl groups is 2. The van der Waals surface area contributed by atoms with E-state index in [4.69, 9.17) is 0 Å². The third-order valence-corrected chi connectivity index (χ3v) is 3.26. The van der Waals surface area contributed by atoms with E-state index in [0.29, 0.717) is 28.1 Å². The summed E-state index contributed by atoms with van der Waals surface area (Å²) in [4.78, 5) is 11.5. The van der Waals surface area contributed by atoms with Gasteiger partial charge in [0.1, 0.15) is 6.10 Å². The molecule has 2 rings (SSSR count). The molecule has 0 fully saturated rings. The molecule has 0 spiro atoms. The molecule has 18 heavy (non-hydrogen) atoms. The van der Waals surface area contributed by atoms with Crippen LogP contribution in [0.2, 0.25) is 0 Å². The molecular weight excluding hydrogens is 300 g/mol. The Morgan fingerprint density at radius 1 is 1.39 bits per heavy atom. The van der Waals surface area contributed by atoms with Crippen LogP contribution in [0.15, 0.2) is 29.2 Å². The van der Waals surface area contributed by atoms with Gasteiger partial charge in [0, 0.05) is 10.7 Å². The van der Waals surface area contributed by atoms with Gasteiger partial charge in [0.15, 0.2) is 0 Å². The highest BCUT2D eigenvalue weighted by Crippen LogP contribution is 2.22. The number of alkyl halides is 1. The van der Waals surface area contributed by atoms with Crippen molar-refractivity contribution in [1.29, 1.82) is 0 Å². The number of halogens is 1. The lowest BCUT2D eigenvalue weighted by Crippen LogP contribution is -2.18. The number of hydrogen-bond donors (Lipinski definition) is 3. The van der Waals surface area contributed by atoms with Gasteiger partial charge >= 0.3 is 0 Å². The lowest BCUT2D eigenvalue weighted by molar-refractivity contribution is 0.0174. The van der Waals surface area contributed by atoms with Crippen molar-refractivity contribution in [1.82, 2.24) is 10.2 Å². The van der Waals surface area contributed by atoms with Crippen LogP contribution >= 0.6 is 15.9 Å². The van der Waals surface area contributed by atoms with Crippen LogP contribution in [-0.4, -0.2) is 31.8 Å². The number of H-pyrrole nitrogens is 1. The molecule has 0 bridgehead atoms. The van der Waals surface area contributed by atoms with E-state index in [9.17, 15) is 15.0 Å². The quantitative estimate of drug-likeness (QED) is 0.738. The second-order valence-electron chi connectivity index (χ2n) is 4.04. The van der Waals surface area contributed by atoms with E-state index in [0.717, 1.165) is 0 Å². The van der Waals surface area contributed by atoms with Crippen molar-refractivity contribution in [2.75, 3.05) is 5.33 Å². The molecule has 0 saturated carbocycles. The number of aliphatic hydroxyl groups excluding tert-OH is 2. The number of hydrogen-bond acceptors (Lipinski definition) is 4.